The van der Waals surface area contributed by atoms with Crippen molar-refractivity contribution in [3.8, 4) is 11.3 Å². The van der Waals surface area contributed by atoms with Gasteiger partial charge in [0.1, 0.15) is 5.76 Å². The molecule has 0 aliphatic carbocycles. The van der Waals surface area contributed by atoms with Crippen molar-refractivity contribution in [2.45, 2.75) is 27.7 Å². The third-order valence-electron chi connectivity index (χ3n) is 4.29. The average molecular weight is 411 g/mol. The Morgan fingerprint density at radius 2 is 1.89 bits per heavy atom. The maximum Gasteiger partial charge on any atom is 0.374 e. The molecular weight excluding hydrogens is 384 g/mol. The molecule has 0 atom stereocenters. The number of carbonyl (C=O) groups is 1. The van der Waals surface area contributed by atoms with Crippen molar-refractivity contribution < 1.29 is 18.9 Å². The highest BCUT2D eigenvalue weighted by atomic mass is 35.5. The molecule has 0 saturated carbocycles. The quantitative estimate of drug-likeness (QED) is 0.335. The summed E-state index contributed by atoms with van der Waals surface area (Å²) in [5, 5.41) is 10.9. The Morgan fingerprint density at radius 3 is 2.50 bits per heavy atom. The molecule has 28 heavy (non-hydrogen) atoms. The van der Waals surface area contributed by atoms with E-state index in [0.717, 1.165) is 19.6 Å². The number of nitrogens with zero attached hydrogens (tertiary/aromatic N) is 2. The van der Waals surface area contributed by atoms with Gasteiger partial charge in [0, 0.05) is 29.7 Å². The highest BCUT2D eigenvalue weighted by Crippen LogP contribution is 2.26. The fourth-order valence-corrected chi connectivity index (χ4v) is 2.81. The maximum atomic E-state index is 12.3. The fourth-order valence-electron chi connectivity index (χ4n) is 2.81. The number of ether oxygens (including phenoxy) is 1. The van der Waals surface area contributed by atoms with Crippen molar-refractivity contribution in [1.29, 1.82) is 0 Å². The summed E-state index contributed by atoms with van der Waals surface area (Å²) in [6.07, 6.45) is 0. The van der Waals surface area contributed by atoms with Gasteiger partial charge in [-0.25, -0.2) is 4.79 Å². The zero-order chi connectivity index (χ0) is 20.0. The number of non-ortho nitro benzene ring substituents is 1. The maximum absolute atomic E-state index is 12.3. The van der Waals surface area contributed by atoms with Crippen molar-refractivity contribution in [3.63, 3.8) is 0 Å². The Bertz CT molecular complexity index is 799. The number of hydrogen-bond donors (Lipinski definition) is 0. The Balaban J connectivity index is 0.00000392. The molecule has 2 rings (SSSR count). The highest BCUT2D eigenvalue weighted by molar-refractivity contribution is 5.87. The molecule has 0 aliphatic rings. The molecule has 0 radical (unpaired) electrons. The molecule has 0 aliphatic heterocycles. The summed E-state index contributed by atoms with van der Waals surface area (Å²) in [6, 6.07) is 9.20. The van der Waals surface area contributed by atoms with E-state index >= 15 is 0 Å². The van der Waals surface area contributed by atoms with Crippen LogP contribution in [-0.4, -0.2) is 42.0 Å². The Labute approximate surface area is 171 Å². The van der Waals surface area contributed by atoms with E-state index in [-0.39, 0.29) is 35.9 Å². The first-order valence-corrected chi connectivity index (χ1v) is 9.00. The van der Waals surface area contributed by atoms with E-state index in [4.69, 9.17) is 9.15 Å². The second-order valence-corrected chi connectivity index (χ2v) is 7.17. The van der Waals surface area contributed by atoms with Gasteiger partial charge in [-0.3, -0.25) is 10.1 Å². The predicted molar refractivity (Wildman–Crippen MR) is 110 cm³/mol. The SMILES string of the molecule is CCN(CC)CC(C)(C)COC(=O)c1ccc(-c2cccc([N+](=O)[O-])c2)o1.Cl. The van der Waals surface area contributed by atoms with Crippen LogP contribution < -0.4 is 0 Å². The number of halogens is 1. The lowest BCUT2D eigenvalue weighted by atomic mass is 9.94. The molecule has 0 N–H and O–H groups in total. The van der Waals surface area contributed by atoms with Gasteiger partial charge in [0.05, 0.1) is 11.5 Å². The van der Waals surface area contributed by atoms with Crippen molar-refractivity contribution in [2.24, 2.45) is 5.41 Å². The minimum Gasteiger partial charge on any atom is -0.459 e. The second kappa shape index (κ2) is 10.2. The van der Waals surface area contributed by atoms with Crippen molar-refractivity contribution in [1.82, 2.24) is 4.90 Å². The number of carbonyl (C=O) groups excluding carboxylic acids is 1. The van der Waals surface area contributed by atoms with Gasteiger partial charge >= 0.3 is 5.97 Å². The van der Waals surface area contributed by atoms with Crippen LogP contribution in [0.2, 0.25) is 0 Å². The van der Waals surface area contributed by atoms with Crippen LogP contribution in [0.5, 0.6) is 0 Å². The number of nitro groups is 1. The van der Waals surface area contributed by atoms with Crippen molar-refractivity contribution in [3.05, 3.63) is 52.3 Å². The number of benzene rings is 1. The van der Waals surface area contributed by atoms with E-state index in [1.165, 1.54) is 18.2 Å². The number of nitro benzene ring substituents is 1. The molecule has 0 spiro atoms. The molecular formula is C20H27ClN2O5. The molecule has 154 valence electrons. The monoisotopic (exact) mass is 410 g/mol. The molecule has 1 heterocycles. The second-order valence-electron chi connectivity index (χ2n) is 7.17. The predicted octanol–water partition coefficient (Wildman–Crippen LogP) is 4.80. The van der Waals surface area contributed by atoms with Gasteiger partial charge in [-0.2, -0.15) is 0 Å². The van der Waals surface area contributed by atoms with Crippen LogP contribution in [0.25, 0.3) is 11.3 Å². The topological polar surface area (TPSA) is 85.8 Å². The van der Waals surface area contributed by atoms with Crippen LogP contribution in [0.4, 0.5) is 5.69 Å². The van der Waals surface area contributed by atoms with Crippen LogP contribution in [0.3, 0.4) is 0 Å². The molecule has 7 nitrogen and oxygen atoms in total. The summed E-state index contributed by atoms with van der Waals surface area (Å²) in [4.78, 5) is 25.0. The molecule has 1 aromatic carbocycles. The van der Waals surface area contributed by atoms with Gasteiger partial charge in [-0.1, -0.05) is 39.8 Å². The Kier molecular flexibility index (Phi) is 8.65. The summed E-state index contributed by atoms with van der Waals surface area (Å²) in [5.74, 6) is -0.0810. The molecule has 1 aromatic heterocycles. The molecule has 0 bridgehead atoms. The number of hydrogen-bond acceptors (Lipinski definition) is 6. The summed E-state index contributed by atoms with van der Waals surface area (Å²) in [6.45, 7) is 11.3. The van der Waals surface area contributed by atoms with Gasteiger partial charge in [-0.15, -0.1) is 12.4 Å². The zero-order valence-electron chi connectivity index (χ0n) is 16.6. The third kappa shape index (κ3) is 6.35. The molecule has 0 unspecified atom stereocenters. The van der Waals surface area contributed by atoms with Crippen LogP contribution in [-0.2, 0) is 4.74 Å². The summed E-state index contributed by atoms with van der Waals surface area (Å²) >= 11 is 0. The van der Waals surface area contributed by atoms with E-state index in [9.17, 15) is 14.9 Å². The minimum atomic E-state index is -0.542. The summed E-state index contributed by atoms with van der Waals surface area (Å²) in [5.41, 5.74) is 0.313. The average Bonchev–Trinajstić information content (AvgIpc) is 3.14. The van der Waals surface area contributed by atoms with Gasteiger partial charge in [0.2, 0.25) is 5.76 Å². The molecule has 2 aromatic rings. The standard InChI is InChI=1S/C20H26N2O5.ClH/c1-5-21(6-2)13-20(3,4)14-26-19(23)18-11-10-17(27-18)15-8-7-9-16(12-15)22(24)25;/h7-12H,5-6,13-14H2,1-4H3;1H. The summed E-state index contributed by atoms with van der Waals surface area (Å²) < 4.78 is 11.0. The molecule has 0 saturated heterocycles. The third-order valence-corrected chi connectivity index (χ3v) is 4.29. The Morgan fingerprint density at radius 1 is 1.21 bits per heavy atom. The van der Waals surface area contributed by atoms with Gasteiger partial charge in [0.15, 0.2) is 0 Å². The van der Waals surface area contributed by atoms with E-state index in [2.05, 4.69) is 32.6 Å². The molecule has 0 fully saturated rings. The number of rotatable bonds is 9. The number of furan rings is 1. The number of esters is 1. The fraction of sp³-hybridized carbons (Fsp3) is 0.450. The lowest BCUT2D eigenvalue weighted by molar-refractivity contribution is -0.384. The lowest BCUT2D eigenvalue weighted by Gasteiger charge is -2.30. The lowest BCUT2D eigenvalue weighted by Crippen LogP contribution is -2.37. The van der Waals surface area contributed by atoms with Crippen LogP contribution in [0, 0.1) is 15.5 Å². The van der Waals surface area contributed by atoms with Gasteiger partial charge in [-0.05, 0) is 25.2 Å². The van der Waals surface area contributed by atoms with E-state index in [0.29, 0.717) is 11.3 Å². The van der Waals surface area contributed by atoms with Crippen molar-refractivity contribution >= 4 is 24.1 Å². The van der Waals surface area contributed by atoms with E-state index < -0.39 is 10.9 Å². The van der Waals surface area contributed by atoms with Gasteiger partial charge < -0.3 is 14.1 Å². The van der Waals surface area contributed by atoms with Crippen molar-refractivity contribution in [2.75, 3.05) is 26.2 Å². The first-order chi connectivity index (χ1) is 12.8. The van der Waals surface area contributed by atoms with Crippen LogP contribution in [0.1, 0.15) is 38.2 Å². The van der Waals surface area contributed by atoms with E-state index in [1.807, 2.05) is 0 Å². The minimum absolute atomic E-state index is 0. The van der Waals surface area contributed by atoms with E-state index in [1.54, 1.807) is 18.2 Å². The molecule has 8 heteroatoms. The smallest absolute Gasteiger partial charge is 0.374 e. The normalized spacial score (nSPS) is 11.2. The first kappa shape index (κ1) is 23.7. The van der Waals surface area contributed by atoms with Crippen LogP contribution >= 0.6 is 12.4 Å². The largest absolute Gasteiger partial charge is 0.459 e. The summed E-state index contributed by atoms with van der Waals surface area (Å²) in [7, 11) is 0. The van der Waals surface area contributed by atoms with Crippen LogP contribution in [0.15, 0.2) is 40.8 Å². The molecule has 0 amide bonds. The van der Waals surface area contributed by atoms with Gasteiger partial charge in [0.25, 0.3) is 5.69 Å². The first-order valence-electron chi connectivity index (χ1n) is 9.00. The zero-order valence-corrected chi connectivity index (χ0v) is 17.5. The highest BCUT2D eigenvalue weighted by Gasteiger charge is 2.24. The Hall–Kier alpha value is -2.38.